The van der Waals surface area contributed by atoms with Gasteiger partial charge in [-0.1, -0.05) is 107 Å². The van der Waals surface area contributed by atoms with Crippen molar-refractivity contribution >= 4 is 48.0 Å². The van der Waals surface area contributed by atoms with E-state index >= 15 is 0 Å². The fourth-order valence-electron chi connectivity index (χ4n) is 8.58. The van der Waals surface area contributed by atoms with Crippen molar-refractivity contribution in [1.29, 1.82) is 0 Å². The predicted octanol–water partition coefficient (Wildman–Crippen LogP) is 8.31. The molecule has 13 nitrogen and oxygen atoms in total. The number of nitrogens with two attached hydrogens (primary N) is 1. The minimum atomic E-state index is -3.63. The van der Waals surface area contributed by atoms with Gasteiger partial charge in [0.15, 0.2) is 0 Å². The van der Waals surface area contributed by atoms with E-state index in [0.29, 0.717) is 36.8 Å². The number of primary amides is 1. The summed E-state index contributed by atoms with van der Waals surface area (Å²) in [6.07, 6.45) is 2.86. The minimum absolute atomic E-state index is 0.00143. The van der Waals surface area contributed by atoms with Crippen molar-refractivity contribution in [3.63, 3.8) is 0 Å². The molecule has 0 aliphatic heterocycles. The number of rotatable bonds is 19. The van der Waals surface area contributed by atoms with Gasteiger partial charge in [0.25, 0.3) is 0 Å². The van der Waals surface area contributed by atoms with E-state index < -0.39 is 90.1 Å². The molecule has 3 aromatic carbocycles. The predicted molar refractivity (Wildman–Crippen MR) is 242 cm³/mol. The first-order valence-electron chi connectivity index (χ1n) is 21.8. The lowest BCUT2D eigenvalue weighted by molar-refractivity contribution is -0.144. The van der Waals surface area contributed by atoms with E-state index in [4.69, 9.17) is 14.8 Å². The molecule has 14 heteroatoms. The highest BCUT2D eigenvalue weighted by Crippen LogP contribution is 2.57. The molecule has 340 valence electrons. The Bertz CT molecular complexity index is 2070. The lowest BCUT2D eigenvalue weighted by Crippen LogP contribution is -2.64. The summed E-state index contributed by atoms with van der Waals surface area (Å²) in [5.41, 5.74) is 4.48. The number of carboxylic acid groups (broad SMARTS) is 1. The Balaban J connectivity index is 1.55. The van der Waals surface area contributed by atoms with E-state index in [1.807, 2.05) is 111 Å². The van der Waals surface area contributed by atoms with Crippen molar-refractivity contribution in [2.45, 2.75) is 155 Å². The number of aliphatic carboxylic acids is 1. The number of aryl methyl sites for hydroxylation is 1. The first kappa shape index (κ1) is 50.1. The zero-order valence-electron chi connectivity index (χ0n) is 38.1. The van der Waals surface area contributed by atoms with Gasteiger partial charge in [0.1, 0.15) is 11.6 Å². The molecule has 6 N–H and O–H groups in total. The largest absolute Gasteiger partial charge is 0.481 e. The summed E-state index contributed by atoms with van der Waals surface area (Å²) in [4.78, 5) is 67.2. The van der Waals surface area contributed by atoms with E-state index in [0.717, 1.165) is 22.8 Å². The Morgan fingerprint density at radius 3 is 1.95 bits per heavy atom. The third kappa shape index (κ3) is 14.8. The summed E-state index contributed by atoms with van der Waals surface area (Å²) in [7, 11) is -3.63. The Morgan fingerprint density at radius 2 is 1.39 bits per heavy atom. The Morgan fingerprint density at radius 1 is 0.790 bits per heavy atom. The molecule has 0 heterocycles. The van der Waals surface area contributed by atoms with Gasteiger partial charge in [-0.15, -0.1) is 0 Å². The van der Waals surface area contributed by atoms with Crippen LogP contribution in [0, 0.1) is 11.3 Å². The van der Waals surface area contributed by atoms with Gasteiger partial charge in [-0.25, -0.2) is 0 Å². The Kier molecular flexibility index (Phi) is 16.7. The van der Waals surface area contributed by atoms with E-state index in [1.165, 1.54) is 0 Å². The van der Waals surface area contributed by atoms with Crippen molar-refractivity contribution in [2.75, 3.05) is 6.54 Å². The van der Waals surface area contributed by atoms with E-state index in [2.05, 4.69) is 22.0 Å². The number of carboxylic acids is 1. The number of carbonyl (C=O) groups is 5. The monoisotopic (exact) mass is 876 g/mol. The average Bonchev–Trinajstić information content (AvgIpc) is 3.14. The summed E-state index contributed by atoms with van der Waals surface area (Å²) < 4.78 is 26.0. The van der Waals surface area contributed by atoms with E-state index in [9.17, 15) is 33.6 Å². The molecule has 3 aromatic rings. The summed E-state index contributed by atoms with van der Waals surface area (Å²) in [5.74, 6) is -5.53. The minimum Gasteiger partial charge on any atom is -0.481 e. The van der Waals surface area contributed by atoms with Gasteiger partial charge in [0.2, 0.25) is 23.6 Å². The van der Waals surface area contributed by atoms with E-state index in [-0.39, 0.29) is 25.5 Å². The lowest BCUT2D eigenvalue weighted by Gasteiger charge is -2.41. The fraction of sp³-hybridized carbons (Fsp3) is 0.562. The van der Waals surface area contributed by atoms with Crippen LogP contribution in [0.2, 0.25) is 0 Å². The zero-order valence-corrected chi connectivity index (χ0v) is 39.0. The molecule has 0 aromatic heterocycles. The highest BCUT2D eigenvalue weighted by atomic mass is 31.2. The Hall–Kier alpha value is -4.58. The standard InChI is InChI=1S/C48H69N4O9P/c1-45(2,3)41(35-24-22-32(23-25-35)31-62(59,60-46(4,5)6)61-47(7,8)9)37(29-40(54)55)42(56)52-48(26-13-10-14-27-48)44(58)51-38(30-39(49)53)43(57)50-28-16-20-34-19-15-18-33-17-11-12-21-36(33)34/h11-12,15,17-19,21-25,37-38,41H,10,13-14,16,20,26-31H2,1-9H3,(H2,49,53)(H,50,57)(H,51,58)(H,52,56)(H,54,55)/t37-,38+,41?/m1/s1. The van der Waals surface area contributed by atoms with Crippen LogP contribution in [-0.2, 0) is 50.2 Å². The van der Waals surface area contributed by atoms with Crippen LogP contribution in [0.4, 0.5) is 0 Å². The number of amides is 4. The van der Waals surface area contributed by atoms with Gasteiger partial charge in [-0.05, 0) is 100 Å². The molecule has 0 bridgehead atoms. The topological polar surface area (TPSA) is 203 Å². The fourth-order valence-corrected chi connectivity index (χ4v) is 11.1. The second-order valence-electron chi connectivity index (χ2n) is 19.8. The van der Waals surface area contributed by atoms with Crippen LogP contribution in [0.15, 0.2) is 66.7 Å². The molecular formula is C48H69N4O9P. The van der Waals surface area contributed by atoms with Gasteiger partial charge in [0, 0.05) is 12.5 Å². The van der Waals surface area contributed by atoms with Crippen LogP contribution in [0.3, 0.4) is 0 Å². The van der Waals surface area contributed by atoms with Gasteiger partial charge in [-0.2, -0.15) is 0 Å². The smallest absolute Gasteiger partial charge is 0.336 e. The van der Waals surface area contributed by atoms with E-state index in [1.54, 1.807) is 12.1 Å². The molecule has 4 rings (SSSR count). The SMILES string of the molecule is CC(C)(C)OP(=O)(Cc1ccc(C([C@@H](CC(=O)O)C(=O)NC2(C(=O)N[C@@H](CC(N)=O)C(=O)NCCCc3cccc4ccccc34)CCCCC2)C(C)(C)C)cc1)OC(C)(C)C. The van der Waals surface area contributed by atoms with Crippen molar-refractivity contribution < 1.29 is 42.7 Å². The lowest BCUT2D eigenvalue weighted by atomic mass is 9.67. The molecule has 3 atom stereocenters. The summed E-state index contributed by atoms with van der Waals surface area (Å²) in [6.45, 7) is 16.9. The van der Waals surface area contributed by atoms with Gasteiger partial charge < -0.3 is 35.8 Å². The molecule has 0 saturated heterocycles. The molecule has 0 spiro atoms. The van der Waals surface area contributed by atoms with Crippen molar-refractivity contribution in [3.05, 3.63) is 83.4 Å². The number of fused-ring (bicyclic) bond motifs is 1. The highest BCUT2D eigenvalue weighted by Gasteiger charge is 2.46. The number of hydrogen-bond donors (Lipinski definition) is 5. The third-order valence-corrected chi connectivity index (χ3v) is 13.3. The van der Waals surface area contributed by atoms with Crippen LogP contribution < -0.4 is 21.7 Å². The molecule has 1 fully saturated rings. The number of carbonyl (C=O) groups excluding carboxylic acids is 4. The maximum Gasteiger partial charge on any atom is 0.336 e. The van der Waals surface area contributed by atoms with Gasteiger partial charge >= 0.3 is 13.6 Å². The van der Waals surface area contributed by atoms with Gasteiger partial charge in [0.05, 0.1) is 36.1 Å². The maximum absolute atomic E-state index is 14.6. The number of hydrogen-bond acceptors (Lipinski definition) is 8. The number of benzene rings is 3. The second-order valence-corrected chi connectivity index (χ2v) is 21.7. The zero-order chi connectivity index (χ0) is 46.1. The van der Waals surface area contributed by atoms with Crippen LogP contribution in [-0.4, -0.2) is 64.0 Å². The van der Waals surface area contributed by atoms with Crippen LogP contribution in [0.5, 0.6) is 0 Å². The third-order valence-electron chi connectivity index (χ3n) is 10.9. The number of nitrogens with one attached hydrogen (secondary N) is 3. The van der Waals surface area contributed by atoms with Gasteiger partial charge in [-0.3, -0.25) is 28.5 Å². The second kappa shape index (κ2) is 20.7. The summed E-state index contributed by atoms with van der Waals surface area (Å²) in [6, 6.07) is 20.1. The molecule has 1 aliphatic rings. The molecule has 62 heavy (non-hydrogen) atoms. The molecule has 1 aliphatic carbocycles. The highest BCUT2D eigenvalue weighted by molar-refractivity contribution is 7.53. The normalized spacial score (nSPS) is 16.1. The summed E-state index contributed by atoms with van der Waals surface area (Å²) in [5, 5.41) is 21.0. The first-order valence-corrected chi connectivity index (χ1v) is 23.5. The van der Waals surface area contributed by atoms with Crippen molar-refractivity contribution in [3.8, 4) is 0 Å². The first-order chi connectivity index (χ1) is 28.8. The maximum atomic E-state index is 14.6. The van der Waals surface area contributed by atoms with Crippen LogP contribution >= 0.6 is 7.60 Å². The molecule has 1 unspecified atom stereocenters. The van der Waals surface area contributed by atoms with Crippen molar-refractivity contribution in [1.82, 2.24) is 16.0 Å². The summed E-state index contributed by atoms with van der Waals surface area (Å²) >= 11 is 0. The Labute approximate surface area is 367 Å². The van der Waals surface area contributed by atoms with Crippen LogP contribution in [0.1, 0.15) is 136 Å². The molecule has 0 radical (unpaired) electrons. The molecule has 4 amide bonds. The van der Waals surface area contributed by atoms with Crippen LogP contribution in [0.25, 0.3) is 10.8 Å². The quantitative estimate of drug-likeness (QED) is 0.0580. The van der Waals surface area contributed by atoms with Crippen molar-refractivity contribution in [2.24, 2.45) is 17.1 Å². The molecule has 1 saturated carbocycles. The molecular weight excluding hydrogens is 808 g/mol. The average molecular weight is 877 g/mol.